The minimum atomic E-state index is -0.281. The molecule has 7 heteroatoms. The number of carbonyl (C=O) groups excluding carboxylic acids is 2. The summed E-state index contributed by atoms with van der Waals surface area (Å²) in [5.74, 6) is -0.317. The molecule has 0 aliphatic rings. The average Bonchev–Trinajstić information content (AvgIpc) is 3.18. The van der Waals surface area contributed by atoms with Gasteiger partial charge in [0.2, 0.25) is 5.91 Å². The minimum absolute atomic E-state index is 0.173. The molecule has 0 aliphatic carbocycles. The van der Waals surface area contributed by atoms with E-state index < -0.39 is 0 Å². The van der Waals surface area contributed by atoms with E-state index in [-0.39, 0.29) is 17.6 Å². The van der Waals surface area contributed by atoms with Crippen LogP contribution in [0.2, 0.25) is 0 Å². The van der Waals surface area contributed by atoms with Gasteiger partial charge in [-0.3, -0.25) is 9.59 Å². The molecule has 1 aromatic heterocycles. The monoisotopic (exact) mass is 456 g/mol. The Bertz CT molecular complexity index is 1240. The largest absolute Gasteiger partial charge is 0.337 e. The molecule has 3 aromatic carbocycles. The highest BCUT2D eigenvalue weighted by atomic mass is 32.2. The van der Waals surface area contributed by atoms with Crippen molar-refractivity contribution in [1.82, 2.24) is 9.97 Å². The van der Waals surface area contributed by atoms with E-state index in [1.807, 2.05) is 55.5 Å². The van der Waals surface area contributed by atoms with Gasteiger partial charge in [-0.2, -0.15) is 0 Å². The molecule has 0 saturated carbocycles. The van der Waals surface area contributed by atoms with E-state index in [0.717, 1.165) is 17.8 Å². The normalized spacial score (nSPS) is 10.6. The van der Waals surface area contributed by atoms with E-state index in [9.17, 15) is 9.59 Å². The first-order chi connectivity index (χ1) is 16.1. The Hall–Kier alpha value is -3.84. The lowest BCUT2D eigenvalue weighted by Crippen LogP contribution is -2.19. The molecule has 4 rings (SSSR count). The smallest absolute Gasteiger partial charge is 0.257 e. The molecule has 166 valence electrons. The Kier molecular flexibility index (Phi) is 7.22. The Morgan fingerprint density at radius 3 is 2.30 bits per heavy atom. The van der Waals surface area contributed by atoms with Gasteiger partial charge in [0.1, 0.15) is 0 Å². The lowest BCUT2D eigenvalue weighted by molar-refractivity contribution is -0.113. The number of para-hydroxylation sites is 2. The van der Waals surface area contributed by atoms with Gasteiger partial charge in [0.15, 0.2) is 5.16 Å². The van der Waals surface area contributed by atoms with Crippen molar-refractivity contribution in [2.45, 2.75) is 18.5 Å². The van der Waals surface area contributed by atoms with Crippen molar-refractivity contribution >= 4 is 35.0 Å². The number of aromatic amines is 1. The summed E-state index contributed by atoms with van der Waals surface area (Å²) in [4.78, 5) is 33.2. The van der Waals surface area contributed by atoms with Crippen molar-refractivity contribution in [3.8, 4) is 0 Å². The number of nitrogens with one attached hydrogen (secondary N) is 3. The maximum atomic E-state index is 12.7. The molecule has 33 heavy (non-hydrogen) atoms. The number of hydrogen-bond donors (Lipinski definition) is 3. The molecule has 0 fully saturated rings. The standard InChI is InChI=1S/C26H24N4O2S/c1-18-23(16-19-10-4-2-5-11-19)30-26(27-18)33-17-24(31)29-22-15-9-8-14-21(22)25(32)28-20-12-6-3-7-13-20/h2-15H,16-17H2,1H3,(H,27,30)(H,28,32)(H,29,31). The summed E-state index contributed by atoms with van der Waals surface area (Å²) in [5, 5.41) is 6.39. The number of H-pyrrole nitrogens is 1. The van der Waals surface area contributed by atoms with Crippen LogP contribution in [0.15, 0.2) is 90.1 Å². The van der Waals surface area contributed by atoms with E-state index >= 15 is 0 Å². The van der Waals surface area contributed by atoms with Gasteiger partial charge in [-0.1, -0.05) is 72.4 Å². The predicted molar refractivity (Wildman–Crippen MR) is 133 cm³/mol. The van der Waals surface area contributed by atoms with Crippen molar-refractivity contribution in [3.05, 3.63) is 107 Å². The zero-order chi connectivity index (χ0) is 23.0. The van der Waals surface area contributed by atoms with E-state index in [1.165, 1.54) is 17.3 Å². The first-order valence-electron chi connectivity index (χ1n) is 10.6. The van der Waals surface area contributed by atoms with Crippen LogP contribution in [0.4, 0.5) is 11.4 Å². The molecule has 2 amide bonds. The van der Waals surface area contributed by atoms with Gasteiger partial charge < -0.3 is 15.6 Å². The first kappa shape index (κ1) is 22.4. The Balaban J connectivity index is 1.36. The van der Waals surface area contributed by atoms with Crippen molar-refractivity contribution in [3.63, 3.8) is 0 Å². The van der Waals surface area contributed by atoms with Crippen LogP contribution in [0.3, 0.4) is 0 Å². The number of rotatable bonds is 8. The lowest BCUT2D eigenvalue weighted by atomic mass is 10.1. The second-order valence-electron chi connectivity index (χ2n) is 7.48. The molecule has 4 aromatic rings. The van der Waals surface area contributed by atoms with Crippen molar-refractivity contribution in [1.29, 1.82) is 0 Å². The van der Waals surface area contributed by atoms with Crippen LogP contribution in [-0.2, 0) is 11.2 Å². The summed E-state index contributed by atoms with van der Waals surface area (Å²) in [5.41, 5.74) is 4.71. The highest BCUT2D eigenvalue weighted by molar-refractivity contribution is 7.99. The van der Waals surface area contributed by atoms with Crippen LogP contribution in [0.25, 0.3) is 0 Å². The average molecular weight is 457 g/mol. The van der Waals surface area contributed by atoms with Gasteiger partial charge >= 0.3 is 0 Å². The number of hydrogen-bond acceptors (Lipinski definition) is 4. The van der Waals surface area contributed by atoms with Crippen LogP contribution in [0, 0.1) is 6.92 Å². The minimum Gasteiger partial charge on any atom is -0.337 e. The number of anilines is 2. The Morgan fingerprint density at radius 1 is 0.879 bits per heavy atom. The number of amides is 2. The fourth-order valence-electron chi connectivity index (χ4n) is 3.33. The summed E-state index contributed by atoms with van der Waals surface area (Å²) in [6.45, 7) is 1.98. The summed E-state index contributed by atoms with van der Waals surface area (Å²) in [6, 6.07) is 26.3. The maximum Gasteiger partial charge on any atom is 0.257 e. The summed E-state index contributed by atoms with van der Waals surface area (Å²) >= 11 is 1.33. The van der Waals surface area contributed by atoms with Gasteiger partial charge in [-0.15, -0.1) is 0 Å². The molecule has 0 unspecified atom stereocenters. The number of imidazole rings is 1. The third-order valence-electron chi connectivity index (χ3n) is 5.00. The van der Waals surface area contributed by atoms with E-state index in [4.69, 9.17) is 0 Å². The SMILES string of the molecule is Cc1[nH]c(SCC(=O)Nc2ccccc2C(=O)Nc2ccccc2)nc1Cc1ccccc1. The van der Waals surface area contributed by atoms with Crippen molar-refractivity contribution < 1.29 is 9.59 Å². The van der Waals surface area contributed by atoms with Gasteiger partial charge in [0.05, 0.1) is 22.7 Å². The van der Waals surface area contributed by atoms with Gasteiger partial charge in [-0.05, 0) is 36.8 Å². The number of carbonyl (C=O) groups is 2. The zero-order valence-electron chi connectivity index (χ0n) is 18.2. The molecule has 0 saturated heterocycles. The van der Waals surface area contributed by atoms with Crippen LogP contribution >= 0.6 is 11.8 Å². The summed E-state index contributed by atoms with van der Waals surface area (Å²) < 4.78 is 0. The van der Waals surface area contributed by atoms with Gasteiger partial charge in [0, 0.05) is 17.8 Å². The quantitative estimate of drug-likeness (QED) is 0.314. The van der Waals surface area contributed by atoms with Gasteiger partial charge in [-0.25, -0.2) is 4.98 Å². The van der Waals surface area contributed by atoms with Crippen LogP contribution in [0.1, 0.15) is 27.3 Å². The van der Waals surface area contributed by atoms with E-state index in [2.05, 4.69) is 32.7 Å². The Labute approximate surface area is 196 Å². The summed E-state index contributed by atoms with van der Waals surface area (Å²) in [6.07, 6.45) is 0.736. The third kappa shape index (κ3) is 6.11. The molecule has 0 atom stereocenters. The highest BCUT2D eigenvalue weighted by Crippen LogP contribution is 2.21. The van der Waals surface area contributed by atoms with Crippen LogP contribution in [0.5, 0.6) is 0 Å². The number of thioether (sulfide) groups is 1. The third-order valence-corrected chi connectivity index (χ3v) is 5.87. The fourth-order valence-corrected chi connectivity index (χ4v) is 4.07. The van der Waals surface area contributed by atoms with Crippen molar-refractivity contribution in [2.24, 2.45) is 0 Å². The van der Waals surface area contributed by atoms with Gasteiger partial charge in [0.25, 0.3) is 5.91 Å². The van der Waals surface area contributed by atoms with Crippen LogP contribution in [-0.4, -0.2) is 27.5 Å². The fraction of sp³-hybridized carbons (Fsp3) is 0.115. The molecule has 1 heterocycles. The summed E-state index contributed by atoms with van der Waals surface area (Å²) in [7, 11) is 0. The second-order valence-corrected chi connectivity index (χ2v) is 8.44. The molecular formula is C26H24N4O2S. The highest BCUT2D eigenvalue weighted by Gasteiger charge is 2.15. The van der Waals surface area contributed by atoms with E-state index in [1.54, 1.807) is 24.3 Å². The number of benzene rings is 3. The molecular weight excluding hydrogens is 432 g/mol. The van der Waals surface area contributed by atoms with Crippen LogP contribution < -0.4 is 10.6 Å². The molecule has 0 radical (unpaired) electrons. The molecule has 6 nitrogen and oxygen atoms in total. The number of nitrogens with zero attached hydrogens (tertiary/aromatic N) is 1. The molecule has 0 aliphatic heterocycles. The zero-order valence-corrected chi connectivity index (χ0v) is 19.0. The topological polar surface area (TPSA) is 86.9 Å². The predicted octanol–water partition coefficient (Wildman–Crippen LogP) is 5.29. The Morgan fingerprint density at radius 2 is 1.55 bits per heavy atom. The molecule has 0 bridgehead atoms. The second kappa shape index (κ2) is 10.7. The first-order valence-corrected chi connectivity index (χ1v) is 11.5. The maximum absolute atomic E-state index is 12.7. The molecule has 3 N–H and O–H groups in total. The molecule has 0 spiro atoms. The number of aryl methyl sites for hydroxylation is 1. The number of aromatic nitrogens is 2. The lowest BCUT2D eigenvalue weighted by Gasteiger charge is -2.11. The van der Waals surface area contributed by atoms with E-state index in [0.29, 0.717) is 22.1 Å². The van der Waals surface area contributed by atoms with Crippen molar-refractivity contribution in [2.75, 3.05) is 16.4 Å².